The number of hydrogen-bond acceptors (Lipinski definition) is 3. The van der Waals surface area contributed by atoms with Crippen LogP contribution in [0.4, 0.5) is 4.39 Å². The minimum atomic E-state index is -3.66. The molecule has 0 aromatic heterocycles. The molecule has 1 N–H and O–H groups in total. The van der Waals surface area contributed by atoms with E-state index in [0.717, 1.165) is 0 Å². The fourth-order valence-corrected chi connectivity index (χ4v) is 3.59. The molecule has 5 nitrogen and oxygen atoms in total. The molecule has 0 saturated carbocycles. The second kappa shape index (κ2) is 7.76. The van der Waals surface area contributed by atoms with Crippen LogP contribution in [0.15, 0.2) is 53.4 Å². The number of carbonyl (C=O) groups excluding carboxylic acids is 1. The second-order valence-electron chi connectivity index (χ2n) is 5.96. The van der Waals surface area contributed by atoms with E-state index in [9.17, 15) is 17.6 Å². The zero-order valence-corrected chi connectivity index (χ0v) is 15.2. The summed E-state index contributed by atoms with van der Waals surface area (Å²) in [6.45, 7) is 3.69. The maximum absolute atomic E-state index is 13.2. The quantitative estimate of drug-likeness (QED) is 0.857. The monoisotopic (exact) mass is 364 g/mol. The number of nitrogens with one attached hydrogen (secondary N) is 1. The lowest BCUT2D eigenvalue weighted by molar-refractivity contribution is 0.0950. The largest absolute Gasteiger partial charge is 0.348 e. The maximum atomic E-state index is 13.2. The van der Waals surface area contributed by atoms with Crippen molar-refractivity contribution in [1.29, 1.82) is 0 Å². The Balaban J connectivity index is 2.16. The summed E-state index contributed by atoms with van der Waals surface area (Å²) in [5.74, 6) is -0.801. The van der Waals surface area contributed by atoms with E-state index < -0.39 is 15.9 Å². The van der Waals surface area contributed by atoms with Crippen LogP contribution in [-0.2, 0) is 16.6 Å². The predicted octanol–water partition coefficient (Wildman–Crippen LogP) is 2.78. The summed E-state index contributed by atoms with van der Waals surface area (Å²) in [6.07, 6.45) is 0. The van der Waals surface area contributed by atoms with Crippen molar-refractivity contribution in [2.24, 2.45) is 0 Å². The SMILES string of the molecule is CC(C)N(C)S(=O)(=O)c1cccc(C(=O)NCc2cccc(F)c2)c1. The normalized spacial score (nSPS) is 11.8. The van der Waals surface area contributed by atoms with E-state index in [1.165, 1.54) is 47.8 Å². The summed E-state index contributed by atoms with van der Waals surface area (Å²) in [6, 6.07) is 11.6. The molecule has 0 atom stereocenters. The third kappa shape index (κ3) is 4.64. The minimum absolute atomic E-state index is 0.0575. The Morgan fingerprint density at radius 2 is 1.84 bits per heavy atom. The van der Waals surface area contributed by atoms with Crippen LogP contribution >= 0.6 is 0 Å². The van der Waals surface area contributed by atoms with Gasteiger partial charge in [0.25, 0.3) is 5.91 Å². The van der Waals surface area contributed by atoms with Crippen LogP contribution in [0, 0.1) is 5.82 Å². The molecule has 1 amide bonds. The van der Waals surface area contributed by atoms with E-state index in [2.05, 4.69) is 5.32 Å². The van der Waals surface area contributed by atoms with Crippen LogP contribution in [0.3, 0.4) is 0 Å². The van der Waals surface area contributed by atoms with Gasteiger partial charge in [0.1, 0.15) is 5.82 Å². The van der Waals surface area contributed by atoms with Gasteiger partial charge in [-0.2, -0.15) is 4.31 Å². The number of sulfonamides is 1. The molecule has 0 aliphatic rings. The minimum Gasteiger partial charge on any atom is -0.348 e. The van der Waals surface area contributed by atoms with E-state index in [-0.39, 0.29) is 28.9 Å². The highest BCUT2D eigenvalue weighted by Crippen LogP contribution is 2.18. The Morgan fingerprint density at radius 1 is 1.16 bits per heavy atom. The molecule has 0 heterocycles. The van der Waals surface area contributed by atoms with Crippen LogP contribution < -0.4 is 5.32 Å². The first kappa shape index (κ1) is 19.1. The lowest BCUT2D eigenvalue weighted by Gasteiger charge is -2.21. The highest BCUT2D eigenvalue weighted by atomic mass is 32.2. The number of halogens is 1. The fourth-order valence-electron chi connectivity index (χ4n) is 2.17. The van der Waals surface area contributed by atoms with Gasteiger partial charge in [-0.1, -0.05) is 18.2 Å². The van der Waals surface area contributed by atoms with Gasteiger partial charge in [0, 0.05) is 25.2 Å². The summed E-state index contributed by atoms with van der Waals surface area (Å²) >= 11 is 0. The van der Waals surface area contributed by atoms with Gasteiger partial charge in [0.05, 0.1) is 4.90 Å². The lowest BCUT2D eigenvalue weighted by Crippen LogP contribution is -2.33. The molecule has 0 fully saturated rings. The Hall–Kier alpha value is -2.25. The second-order valence-corrected chi connectivity index (χ2v) is 7.95. The number of carbonyl (C=O) groups is 1. The number of amides is 1. The van der Waals surface area contributed by atoms with Crippen LogP contribution in [0.5, 0.6) is 0 Å². The molecule has 0 bridgehead atoms. The average Bonchev–Trinajstić information content (AvgIpc) is 2.59. The van der Waals surface area contributed by atoms with Crippen molar-refractivity contribution in [3.05, 3.63) is 65.5 Å². The van der Waals surface area contributed by atoms with Crippen molar-refractivity contribution >= 4 is 15.9 Å². The van der Waals surface area contributed by atoms with E-state index in [4.69, 9.17) is 0 Å². The molecule has 134 valence electrons. The van der Waals surface area contributed by atoms with Crippen LogP contribution in [0.1, 0.15) is 29.8 Å². The number of hydrogen-bond donors (Lipinski definition) is 1. The van der Waals surface area contributed by atoms with Crippen molar-refractivity contribution in [2.75, 3.05) is 7.05 Å². The van der Waals surface area contributed by atoms with Crippen molar-refractivity contribution < 1.29 is 17.6 Å². The summed E-state index contributed by atoms with van der Waals surface area (Å²) in [4.78, 5) is 12.3. The van der Waals surface area contributed by atoms with Gasteiger partial charge >= 0.3 is 0 Å². The van der Waals surface area contributed by atoms with Gasteiger partial charge in [-0.3, -0.25) is 4.79 Å². The molecule has 0 aliphatic carbocycles. The van der Waals surface area contributed by atoms with Gasteiger partial charge in [-0.25, -0.2) is 12.8 Å². The maximum Gasteiger partial charge on any atom is 0.251 e. The molecule has 0 spiro atoms. The lowest BCUT2D eigenvalue weighted by atomic mass is 10.2. The number of rotatable bonds is 6. The molecule has 2 aromatic carbocycles. The molecule has 0 unspecified atom stereocenters. The molecular formula is C18H21FN2O3S. The summed E-state index contributed by atoms with van der Waals surface area (Å²) in [5.41, 5.74) is 0.853. The Labute approximate surface area is 147 Å². The van der Waals surface area contributed by atoms with E-state index >= 15 is 0 Å². The Morgan fingerprint density at radius 3 is 2.48 bits per heavy atom. The van der Waals surface area contributed by atoms with Gasteiger partial charge < -0.3 is 5.32 Å². The average molecular weight is 364 g/mol. The topological polar surface area (TPSA) is 66.5 Å². The van der Waals surface area contributed by atoms with Gasteiger partial charge in [-0.05, 0) is 49.7 Å². The van der Waals surface area contributed by atoms with Crippen molar-refractivity contribution in [3.63, 3.8) is 0 Å². The van der Waals surface area contributed by atoms with Crippen LogP contribution in [-0.4, -0.2) is 31.7 Å². The van der Waals surface area contributed by atoms with E-state index in [1.54, 1.807) is 26.0 Å². The van der Waals surface area contributed by atoms with Crippen molar-refractivity contribution in [3.8, 4) is 0 Å². The first-order valence-corrected chi connectivity index (χ1v) is 9.26. The van der Waals surface area contributed by atoms with E-state index in [0.29, 0.717) is 5.56 Å². The summed E-state index contributed by atoms with van der Waals surface area (Å²) in [5, 5.41) is 2.66. The Bertz CT molecular complexity index is 866. The molecular weight excluding hydrogens is 343 g/mol. The zero-order chi connectivity index (χ0) is 18.6. The van der Waals surface area contributed by atoms with Crippen LogP contribution in [0.25, 0.3) is 0 Å². The molecule has 7 heteroatoms. The first-order valence-electron chi connectivity index (χ1n) is 7.82. The third-order valence-corrected chi connectivity index (χ3v) is 5.87. The standard InChI is InChI=1S/C18H21FN2O3S/c1-13(2)21(3)25(23,24)17-9-5-7-15(11-17)18(22)20-12-14-6-4-8-16(19)10-14/h4-11,13H,12H2,1-3H3,(H,20,22). The van der Waals surface area contributed by atoms with Crippen molar-refractivity contribution in [2.45, 2.75) is 31.3 Å². The van der Waals surface area contributed by atoms with Gasteiger partial charge in [0.15, 0.2) is 0 Å². The smallest absolute Gasteiger partial charge is 0.251 e. The Kier molecular flexibility index (Phi) is 5.92. The highest BCUT2D eigenvalue weighted by molar-refractivity contribution is 7.89. The van der Waals surface area contributed by atoms with Gasteiger partial charge in [0.2, 0.25) is 10.0 Å². The number of benzene rings is 2. The predicted molar refractivity (Wildman–Crippen MR) is 94.1 cm³/mol. The molecule has 0 radical (unpaired) electrons. The number of nitrogens with zero attached hydrogens (tertiary/aromatic N) is 1. The fraction of sp³-hybridized carbons (Fsp3) is 0.278. The summed E-state index contributed by atoms with van der Waals surface area (Å²) in [7, 11) is -2.17. The van der Waals surface area contributed by atoms with Crippen molar-refractivity contribution in [1.82, 2.24) is 9.62 Å². The molecule has 25 heavy (non-hydrogen) atoms. The molecule has 0 saturated heterocycles. The molecule has 2 aromatic rings. The summed E-state index contributed by atoms with van der Waals surface area (Å²) < 4.78 is 39.4. The highest BCUT2D eigenvalue weighted by Gasteiger charge is 2.23. The van der Waals surface area contributed by atoms with E-state index in [1.807, 2.05) is 0 Å². The molecule has 2 rings (SSSR count). The first-order chi connectivity index (χ1) is 11.7. The third-order valence-electron chi connectivity index (χ3n) is 3.84. The van der Waals surface area contributed by atoms with Gasteiger partial charge in [-0.15, -0.1) is 0 Å². The zero-order valence-electron chi connectivity index (χ0n) is 14.4. The van der Waals surface area contributed by atoms with Crippen LogP contribution in [0.2, 0.25) is 0 Å². The molecule has 0 aliphatic heterocycles.